The molecule has 1 atom stereocenters. The summed E-state index contributed by atoms with van der Waals surface area (Å²) in [5.41, 5.74) is 2.60. The van der Waals surface area contributed by atoms with Crippen LogP contribution in [0.4, 0.5) is 0 Å². The maximum atomic E-state index is 5.52. The largest absolute Gasteiger partial charge is 0.376 e. The van der Waals surface area contributed by atoms with E-state index >= 15 is 0 Å². The van der Waals surface area contributed by atoms with E-state index in [-0.39, 0.29) is 6.10 Å². The summed E-state index contributed by atoms with van der Waals surface area (Å²) >= 11 is 0. The Kier molecular flexibility index (Phi) is 3.22. The Morgan fingerprint density at radius 3 is 2.60 bits per heavy atom. The van der Waals surface area contributed by atoms with Crippen molar-refractivity contribution >= 4 is 0 Å². The highest BCUT2D eigenvalue weighted by atomic mass is 16.5. The molecule has 1 aromatic carbocycles. The molecule has 1 aromatic rings. The summed E-state index contributed by atoms with van der Waals surface area (Å²) in [4.78, 5) is 0. The quantitative estimate of drug-likeness (QED) is 0.661. The molecule has 1 nitrogen and oxygen atoms in total. The fraction of sp³-hybridized carbons (Fsp3) is 0.429. The third kappa shape index (κ3) is 2.69. The van der Waals surface area contributed by atoms with E-state index in [4.69, 9.17) is 4.74 Å². The lowest BCUT2D eigenvalue weighted by Crippen LogP contribution is -2.03. The van der Waals surface area contributed by atoms with Crippen molar-refractivity contribution in [2.45, 2.75) is 25.4 Å². The fourth-order valence-electron chi connectivity index (χ4n) is 1.90. The standard InChI is InChI=1S/C14H18O/c1-11(12-8-9-12)10-14(15-2)13-6-4-3-5-7-13/h3-7,12,14H,1,8-10H2,2H3. The first-order valence-electron chi connectivity index (χ1n) is 5.56. The zero-order valence-corrected chi connectivity index (χ0v) is 9.28. The molecule has 0 amide bonds. The minimum Gasteiger partial charge on any atom is -0.376 e. The van der Waals surface area contributed by atoms with Crippen molar-refractivity contribution in [3.05, 3.63) is 48.0 Å². The molecule has 1 fully saturated rings. The number of hydrogen-bond donors (Lipinski definition) is 0. The van der Waals surface area contributed by atoms with Crippen LogP contribution in [-0.4, -0.2) is 7.11 Å². The maximum Gasteiger partial charge on any atom is 0.0858 e. The first kappa shape index (κ1) is 10.4. The van der Waals surface area contributed by atoms with Crippen LogP contribution in [0.2, 0.25) is 0 Å². The van der Waals surface area contributed by atoms with Crippen molar-refractivity contribution in [3.8, 4) is 0 Å². The van der Waals surface area contributed by atoms with E-state index in [0.717, 1.165) is 12.3 Å². The van der Waals surface area contributed by atoms with Crippen LogP contribution in [0.1, 0.15) is 30.9 Å². The van der Waals surface area contributed by atoms with Crippen LogP contribution in [0.5, 0.6) is 0 Å². The highest BCUT2D eigenvalue weighted by Crippen LogP contribution is 2.40. The van der Waals surface area contributed by atoms with Crippen molar-refractivity contribution in [2.24, 2.45) is 5.92 Å². The monoisotopic (exact) mass is 202 g/mol. The van der Waals surface area contributed by atoms with E-state index in [1.165, 1.54) is 24.0 Å². The maximum absolute atomic E-state index is 5.52. The van der Waals surface area contributed by atoms with Crippen molar-refractivity contribution in [1.82, 2.24) is 0 Å². The minimum atomic E-state index is 0.180. The second kappa shape index (κ2) is 4.63. The lowest BCUT2D eigenvalue weighted by Gasteiger charge is -2.16. The third-order valence-electron chi connectivity index (χ3n) is 3.06. The Hall–Kier alpha value is -1.08. The molecular weight excluding hydrogens is 184 g/mol. The Morgan fingerprint density at radius 1 is 1.40 bits per heavy atom. The highest BCUT2D eigenvalue weighted by Gasteiger charge is 2.26. The molecule has 0 spiro atoms. The van der Waals surface area contributed by atoms with Gasteiger partial charge in [-0.3, -0.25) is 0 Å². The third-order valence-corrected chi connectivity index (χ3v) is 3.06. The highest BCUT2D eigenvalue weighted by molar-refractivity contribution is 5.20. The second-order valence-electron chi connectivity index (χ2n) is 4.27. The van der Waals surface area contributed by atoms with Crippen molar-refractivity contribution in [1.29, 1.82) is 0 Å². The van der Waals surface area contributed by atoms with E-state index in [9.17, 15) is 0 Å². The van der Waals surface area contributed by atoms with E-state index in [1.807, 2.05) is 6.07 Å². The summed E-state index contributed by atoms with van der Waals surface area (Å²) in [5.74, 6) is 0.770. The number of benzene rings is 1. The van der Waals surface area contributed by atoms with Gasteiger partial charge in [-0.15, -0.1) is 0 Å². The van der Waals surface area contributed by atoms with Crippen molar-refractivity contribution in [2.75, 3.05) is 7.11 Å². The molecule has 80 valence electrons. The molecule has 1 aliphatic carbocycles. The fourth-order valence-corrected chi connectivity index (χ4v) is 1.90. The topological polar surface area (TPSA) is 9.23 Å². The van der Waals surface area contributed by atoms with Gasteiger partial charge in [-0.1, -0.05) is 42.5 Å². The zero-order chi connectivity index (χ0) is 10.7. The normalized spacial score (nSPS) is 17.4. The molecule has 2 rings (SSSR count). The minimum absolute atomic E-state index is 0.180. The molecule has 0 aliphatic heterocycles. The predicted octanol–water partition coefficient (Wildman–Crippen LogP) is 3.73. The van der Waals surface area contributed by atoms with Gasteiger partial charge in [0, 0.05) is 7.11 Å². The molecule has 1 aliphatic rings. The van der Waals surface area contributed by atoms with Crippen molar-refractivity contribution < 1.29 is 4.74 Å². The van der Waals surface area contributed by atoms with E-state index in [2.05, 4.69) is 30.8 Å². The first-order chi connectivity index (χ1) is 7.31. The number of methoxy groups -OCH3 is 1. The van der Waals surface area contributed by atoms with Crippen molar-refractivity contribution in [3.63, 3.8) is 0 Å². The van der Waals surface area contributed by atoms with Gasteiger partial charge in [0.2, 0.25) is 0 Å². The molecule has 0 heterocycles. The Bertz CT molecular complexity index is 324. The molecule has 1 saturated carbocycles. The van der Waals surface area contributed by atoms with Gasteiger partial charge in [0.05, 0.1) is 6.10 Å². The Labute approximate surface area is 91.8 Å². The Morgan fingerprint density at radius 2 is 2.07 bits per heavy atom. The summed E-state index contributed by atoms with van der Waals surface area (Å²) in [6.07, 6.45) is 3.79. The predicted molar refractivity (Wildman–Crippen MR) is 62.7 cm³/mol. The van der Waals surface area contributed by atoms with E-state index in [0.29, 0.717) is 0 Å². The van der Waals surface area contributed by atoms with Crippen LogP contribution >= 0.6 is 0 Å². The molecule has 0 radical (unpaired) electrons. The zero-order valence-electron chi connectivity index (χ0n) is 9.28. The number of ether oxygens (including phenoxy) is 1. The van der Waals surface area contributed by atoms with Gasteiger partial charge >= 0.3 is 0 Å². The average Bonchev–Trinajstić information content (AvgIpc) is 3.10. The smallest absolute Gasteiger partial charge is 0.0858 e. The van der Waals surface area contributed by atoms with Gasteiger partial charge in [0.15, 0.2) is 0 Å². The van der Waals surface area contributed by atoms with E-state index in [1.54, 1.807) is 7.11 Å². The summed E-state index contributed by atoms with van der Waals surface area (Å²) in [7, 11) is 1.78. The van der Waals surface area contributed by atoms with Crippen LogP contribution < -0.4 is 0 Å². The van der Waals surface area contributed by atoms with Gasteiger partial charge in [-0.2, -0.15) is 0 Å². The van der Waals surface area contributed by atoms with Crippen LogP contribution in [0, 0.1) is 5.92 Å². The average molecular weight is 202 g/mol. The van der Waals surface area contributed by atoms with Gasteiger partial charge in [-0.05, 0) is 30.7 Å². The summed E-state index contributed by atoms with van der Waals surface area (Å²) < 4.78 is 5.52. The molecule has 15 heavy (non-hydrogen) atoms. The van der Waals surface area contributed by atoms with Crippen LogP contribution in [-0.2, 0) is 4.74 Å². The molecule has 0 aromatic heterocycles. The Balaban J connectivity index is 2.00. The lowest BCUT2D eigenvalue weighted by molar-refractivity contribution is 0.103. The van der Waals surface area contributed by atoms with Gasteiger partial charge < -0.3 is 4.74 Å². The molecular formula is C14H18O. The summed E-state index contributed by atoms with van der Waals surface area (Å²) in [6, 6.07) is 10.4. The second-order valence-corrected chi connectivity index (χ2v) is 4.27. The van der Waals surface area contributed by atoms with Gasteiger partial charge in [0.1, 0.15) is 0 Å². The summed E-state index contributed by atoms with van der Waals surface area (Å²) in [6.45, 7) is 4.15. The molecule has 0 bridgehead atoms. The van der Waals surface area contributed by atoms with Gasteiger partial charge in [0.25, 0.3) is 0 Å². The molecule has 0 N–H and O–H groups in total. The number of rotatable bonds is 5. The molecule has 1 heteroatoms. The van der Waals surface area contributed by atoms with Crippen LogP contribution in [0.15, 0.2) is 42.5 Å². The van der Waals surface area contributed by atoms with Crippen LogP contribution in [0.3, 0.4) is 0 Å². The SMILES string of the molecule is C=C(CC(OC)c1ccccc1)C1CC1. The molecule has 1 unspecified atom stereocenters. The lowest BCUT2D eigenvalue weighted by atomic mass is 10.00. The summed E-state index contributed by atoms with van der Waals surface area (Å²) in [5, 5.41) is 0. The first-order valence-corrected chi connectivity index (χ1v) is 5.56. The number of hydrogen-bond acceptors (Lipinski definition) is 1. The van der Waals surface area contributed by atoms with E-state index < -0.39 is 0 Å². The molecule has 0 saturated heterocycles. The van der Waals surface area contributed by atoms with Crippen LogP contribution in [0.25, 0.3) is 0 Å². The van der Waals surface area contributed by atoms with Gasteiger partial charge in [-0.25, -0.2) is 0 Å².